The number of benzene rings is 4. The van der Waals surface area contributed by atoms with Crippen LogP contribution in [0.5, 0.6) is 5.88 Å². The summed E-state index contributed by atoms with van der Waals surface area (Å²) in [7, 11) is 3.98. The van der Waals surface area contributed by atoms with Gasteiger partial charge in [-0.2, -0.15) is 9.78 Å². The van der Waals surface area contributed by atoms with Crippen molar-refractivity contribution < 1.29 is 14.3 Å². The van der Waals surface area contributed by atoms with Crippen molar-refractivity contribution in [1.29, 1.82) is 0 Å². The minimum atomic E-state index is -0.448. The van der Waals surface area contributed by atoms with Gasteiger partial charge in [0.1, 0.15) is 5.69 Å². The molecular weight excluding hydrogens is 512 g/mol. The first kappa shape index (κ1) is 27.4. The first-order valence-corrected chi connectivity index (χ1v) is 13.3. The molecular formula is C34H32N4O3. The minimum absolute atomic E-state index is 0.184. The van der Waals surface area contributed by atoms with Gasteiger partial charge < -0.3 is 15.0 Å². The highest BCUT2D eigenvalue weighted by Crippen LogP contribution is 2.41. The molecule has 0 aliphatic carbocycles. The molecule has 0 atom stereocenters. The smallest absolute Gasteiger partial charge is 0.309 e. The largest absolute Gasteiger partial charge is 0.407 e. The van der Waals surface area contributed by atoms with Crippen LogP contribution in [0.1, 0.15) is 28.4 Å². The number of anilines is 2. The highest BCUT2D eigenvalue weighted by atomic mass is 16.5. The van der Waals surface area contributed by atoms with Gasteiger partial charge in [-0.1, -0.05) is 59.7 Å². The van der Waals surface area contributed by atoms with Crippen molar-refractivity contribution in [3.8, 4) is 34.0 Å². The Balaban J connectivity index is 1.61. The van der Waals surface area contributed by atoms with Gasteiger partial charge >= 0.3 is 5.97 Å². The van der Waals surface area contributed by atoms with Gasteiger partial charge in [-0.25, -0.2) is 0 Å². The maximum absolute atomic E-state index is 12.8. The van der Waals surface area contributed by atoms with Crippen molar-refractivity contribution in [1.82, 2.24) is 9.78 Å². The maximum Gasteiger partial charge on any atom is 0.309 e. The fourth-order valence-corrected chi connectivity index (χ4v) is 4.58. The molecule has 0 aliphatic heterocycles. The van der Waals surface area contributed by atoms with Crippen LogP contribution >= 0.6 is 0 Å². The standard InChI is InChI=1S/C34H32N4O3/c1-22-9-17-30(18-10-22)38-34(41-24(3)39)31(32(36-38)26-13-19-29(20-14-26)37(4)5)25-11-15-28(16-12-25)35-33(40)27-8-6-7-23(2)21-27/h6-21H,1-5H3,(H,35,40). The van der Waals surface area contributed by atoms with E-state index in [9.17, 15) is 9.59 Å². The predicted octanol–water partition coefficient (Wildman–Crippen LogP) is 7.07. The summed E-state index contributed by atoms with van der Waals surface area (Å²) >= 11 is 0. The lowest BCUT2D eigenvalue weighted by atomic mass is 10.0. The Bertz CT molecular complexity index is 1700. The van der Waals surface area contributed by atoms with Gasteiger partial charge in [0, 0.05) is 43.5 Å². The molecule has 5 aromatic rings. The quantitative estimate of drug-likeness (QED) is 0.222. The number of aryl methyl sites for hydroxylation is 2. The number of esters is 1. The van der Waals surface area contributed by atoms with Gasteiger partial charge in [0.25, 0.3) is 5.91 Å². The van der Waals surface area contributed by atoms with Crippen LogP contribution in [-0.2, 0) is 4.79 Å². The van der Waals surface area contributed by atoms with E-state index in [1.807, 2.05) is 124 Å². The molecule has 0 saturated carbocycles. The normalized spacial score (nSPS) is 10.8. The van der Waals surface area contributed by atoms with Crippen molar-refractivity contribution in [2.24, 2.45) is 0 Å². The van der Waals surface area contributed by atoms with E-state index in [4.69, 9.17) is 9.84 Å². The monoisotopic (exact) mass is 544 g/mol. The van der Waals surface area contributed by atoms with Gasteiger partial charge in [-0.15, -0.1) is 0 Å². The maximum atomic E-state index is 12.8. The molecule has 4 aromatic carbocycles. The predicted molar refractivity (Wildman–Crippen MR) is 164 cm³/mol. The minimum Gasteiger partial charge on any atom is -0.407 e. The first-order chi connectivity index (χ1) is 19.7. The Kier molecular flexibility index (Phi) is 7.70. The Labute approximate surface area is 240 Å². The third-order valence-electron chi connectivity index (χ3n) is 6.73. The Hall–Kier alpha value is -5.17. The number of nitrogens with one attached hydrogen (secondary N) is 1. The molecule has 1 heterocycles. The van der Waals surface area contributed by atoms with Gasteiger partial charge in [0.05, 0.1) is 11.3 Å². The van der Waals surface area contributed by atoms with Crippen LogP contribution in [0.4, 0.5) is 11.4 Å². The van der Waals surface area contributed by atoms with E-state index in [-0.39, 0.29) is 5.91 Å². The molecule has 0 radical (unpaired) electrons. The summed E-state index contributed by atoms with van der Waals surface area (Å²) < 4.78 is 7.49. The molecule has 0 fully saturated rings. The van der Waals surface area contributed by atoms with Gasteiger partial charge in [-0.3, -0.25) is 9.59 Å². The Morgan fingerprint density at radius 2 is 1.46 bits per heavy atom. The lowest BCUT2D eigenvalue weighted by Gasteiger charge is -2.13. The molecule has 1 aromatic heterocycles. The lowest BCUT2D eigenvalue weighted by molar-refractivity contribution is -0.132. The molecule has 0 spiro atoms. The third-order valence-corrected chi connectivity index (χ3v) is 6.73. The number of carbonyl (C=O) groups excluding carboxylic acids is 2. The van der Waals surface area contributed by atoms with Crippen LogP contribution in [0.3, 0.4) is 0 Å². The molecule has 7 nitrogen and oxygen atoms in total. The average Bonchev–Trinajstić information content (AvgIpc) is 3.32. The molecule has 1 N–H and O–H groups in total. The van der Waals surface area contributed by atoms with Crippen LogP contribution in [0.15, 0.2) is 97.1 Å². The number of aromatic nitrogens is 2. The number of nitrogens with zero attached hydrogens (tertiary/aromatic N) is 3. The van der Waals surface area contributed by atoms with Gasteiger partial charge in [-0.05, 0) is 67.9 Å². The van der Waals surface area contributed by atoms with Gasteiger partial charge in [0.2, 0.25) is 5.88 Å². The third kappa shape index (κ3) is 6.04. The molecule has 0 saturated heterocycles. The molecule has 41 heavy (non-hydrogen) atoms. The molecule has 5 rings (SSSR count). The van der Waals surface area contributed by atoms with E-state index in [0.717, 1.165) is 33.6 Å². The topological polar surface area (TPSA) is 76.5 Å². The lowest BCUT2D eigenvalue weighted by Crippen LogP contribution is -2.11. The van der Waals surface area contributed by atoms with Crippen LogP contribution in [-0.4, -0.2) is 35.8 Å². The van der Waals surface area contributed by atoms with E-state index >= 15 is 0 Å². The molecule has 7 heteroatoms. The van der Waals surface area contributed by atoms with Crippen molar-refractivity contribution in [2.75, 3.05) is 24.3 Å². The molecule has 0 bridgehead atoms. The van der Waals surface area contributed by atoms with E-state index in [1.54, 1.807) is 10.7 Å². The Morgan fingerprint density at radius 3 is 2.07 bits per heavy atom. The second-order valence-corrected chi connectivity index (χ2v) is 10.2. The zero-order valence-corrected chi connectivity index (χ0v) is 23.8. The number of hydrogen-bond acceptors (Lipinski definition) is 5. The molecule has 1 amide bonds. The van der Waals surface area contributed by atoms with Crippen LogP contribution < -0.4 is 15.0 Å². The number of carbonyl (C=O) groups is 2. The molecule has 206 valence electrons. The van der Waals surface area contributed by atoms with Crippen molar-refractivity contribution in [3.63, 3.8) is 0 Å². The Morgan fingerprint density at radius 1 is 0.805 bits per heavy atom. The summed E-state index contributed by atoms with van der Waals surface area (Å²) in [5.41, 5.74) is 8.21. The summed E-state index contributed by atoms with van der Waals surface area (Å²) in [5, 5.41) is 7.92. The van der Waals surface area contributed by atoms with E-state index < -0.39 is 5.97 Å². The second kappa shape index (κ2) is 11.5. The van der Waals surface area contributed by atoms with Crippen molar-refractivity contribution in [3.05, 3.63) is 114 Å². The van der Waals surface area contributed by atoms with Crippen molar-refractivity contribution in [2.45, 2.75) is 20.8 Å². The summed E-state index contributed by atoms with van der Waals surface area (Å²) in [5.74, 6) is -0.309. The average molecular weight is 545 g/mol. The fraction of sp³-hybridized carbons (Fsp3) is 0.147. The number of hydrogen-bond donors (Lipinski definition) is 1. The number of ether oxygens (including phenoxy) is 1. The summed E-state index contributed by atoms with van der Waals surface area (Å²) in [4.78, 5) is 27.2. The van der Waals surface area contributed by atoms with Crippen molar-refractivity contribution >= 4 is 23.3 Å². The van der Waals surface area contributed by atoms with E-state index in [2.05, 4.69) is 5.32 Å². The number of rotatable bonds is 7. The molecule has 0 unspecified atom stereocenters. The summed E-state index contributed by atoms with van der Waals surface area (Å²) in [6.07, 6.45) is 0. The van der Waals surface area contributed by atoms with Crippen LogP contribution in [0.25, 0.3) is 28.1 Å². The van der Waals surface area contributed by atoms with Gasteiger partial charge in [0.15, 0.2) is 0 Å². The SMILES string of the molecule is CC(=O)Oc1c(-c2ccc(NC(=O)c3cccc(C)c3)cc2)c(-c2ccc(N(C)C)cc2)nn1-c1ccc(C)cc1. The first-order valence-electron chi connectivity index (χ1n) is 13.3. The zero-order chi connectivity index (χ0) is 29.1. The molecule has 0 aliphatic rings. The highest BCUT2D eigenvalue weighted by molar-refractivity contribution is 6.04. The second-order valence-electron chi connectivity index (χ2n) is 10.2. The summed E-state index contributed by atoms with van der Waals surface area (Å²) in [6, 6.07) is 30.9. The van der Waals surface area contributed by atoms with E-state index in [0.29, 0.717) is 28.4 Å². The van der Waals surface area contributed by atoms with E-state index in [1.165, 1.54) is 6.92 Å². The highest BCUT2D eigenvalue weighted by Gasteiger charge is 2.25. The summed E-state index contributed by atoms with van der Waals surface area (Å²) in [6.45, 7) is 5.35. The van der Waals surface area contributed by atoms with Crippen LogP contribution in [0, 0.1) is 13.8 Å². The number of amides is 1. The fourth-order valence-electron chi connectivity index (χ4n) is 4.58. The van der Waals surface area contributed by atoms with Crippen LogP contribution in [0.2, 0.25) is 0 Å². The zero-order valence-electron chi connectivity index (χ0n) is 23.8.